The van der Waals surface area contributed by atoms with E-state index < -0.39 is 5.82 Å². The van der Waals surface area contributed by atoms with Crippen molar-refractivity contribution in [2.24, 2.45) is 0 Å². The molecular formula is C25H26ClFN2O3. The van der Waals surface area contributed by atoms with Crippen molar-refractivity contribution in [2.75, 3.05) is 39.5 Å². The smallest absolute Gasteiger partial charge is 0.250 e. The first-order valence-electron chi connectivity index (χ1n) is 10.8. The number of aromatic nitrogens is 1. The van der Waals surface area contributed by atoms with Crippen LogP contribution in [0, 0.1) is 5.82 Å². The summed E-state index contributed by atoms with van der Waals surface area (Å²) in [6.45, 7) is 5.41. The van der Waals surface area contributed by atoms with Crippen molar-refractivity contribution in [2.45, 2.75) is 13.0 Å². The second-order valence-corrected chi connectivity index (χ2v) is 8.24. The molecule has 3 aromatic rings. The first-order valence-corrected chi connectivity index (χ1v) is 11.1. The molecule has 0 N–H and O–H groups in total. The summed E-state index contributed by atoms with van der Waals surface area (Å²) in [5, 5.41) is 0.329. The van der Waals surface area contributed by atoms with Gasteiger partial charge in [-0.2, -0.15) is 0 Å². The number of ether oxygens (including phenoxy) is 2. The molecule has 4 rings (SSSR count). The second-order valence-electron chi connectivity index (χ2n) is 7.80. The zero-order chi connectivity index (χ0) is 22.3. The molecule has 0 amide bonds. The number of hydrogen-bond acceptors (Lipinski definition) is 4. The van der Waals surface area contributed by atoms with Crippen LogP contribution in [-0.4, -0.2) is 48.9 Å². The summed E-state index contributed by atoms with van der Waals surface area (Å²) < 4.78 is 26.9. The maximum Gasteiger partial charge on any atom is 0.250 e. The molecule has 2 heterocycles. The van der Waals surface area contributed by atoms with Gasteiger partial charge in [-0.3, -0.25) is 9.69 Å². The predicted octanol–water partition coefficient (Wildman–Crippen LogP) is 4.46. The van der Waals surface area contributed by atoms with Crippen LogP contribution in [0.4, 0.5) is 4.39 Å². The minimum Gasteiger partial charge on any atom is -0.494 e. The van der Waals surface area contributed by atoms with Crippen molar-refractivity contribution >= 4 is 11.6 Å². The number of morpholine rings is 1. The Morgan fingerprint density at radius 3 is 2.50 bits per heavy atom. The third-order valence-corrected chi connectivity index (χ3v) is 5.75. The molecule has 1 aromatic heterocycles. The largest absolute Gasteiger partial charge is 0.494 e. The Kier molecular flexibility index (Phi) is 7.58. The van der Waals surface area contributed by atoms with Crippen LogP contribution in [0.3, 0.4) is 0 Å². The summed E-state index contributed by atoms with van der Waals surface area (Å²) in [7, 11) is 0. The van der Waals surface area contributed by atoms with E-state index in [1.165, 1.54) is 16.7 Å². The zero-order valence-electron chi connectivity index (χ0n) is 17.8. The van der Waals surface area contributed by atoms with Gasteiger partial charge in [-0.25, -0.2) is 4.39 Å². The van der Waals surface area contributed by atoms with Crippen LogP contribution in [0.5, 0.6) is 5.75 Å². The summed E-state index contributed by atoms with van der Waals surface area (Å²) >= 11 is 5.82. The molecule has 1 fully saturated rings. The molecule has 5 nitrogen and oxygen atoms in total. The molecule has 1 aliphatic rings. The van der Waals surface area contributed by atoms with Crippen LogP contribution >= 0.6 is 11.6 Å². The van der Waals surface area contributed by atoms with Crippen molar-refractivity contribution in [3.63, 3.8) is 0 Å². The van der Waals surface area contributed by atoms with Crippen molar-refractivity contribution in [3.05, 3.63) is 87.6 Å². The summed E-state index contributed by atoms with van der Waals surface area (Å²) in [6.07, 6.45) is 2.71. The number of rotatable bonds is 8. The van der Waals surface area contributed by atoms with Crippen LogP contribution in [0.15, 0.2) is 65.6 Å². The van der Waals surface area contributed by atoms with Gasteiger partial charge < -0.3 is 14.0 Å². The van der Waals surface area contributed by atoms with Gasteiger partial charge in [0.15, 0.2) is 0 Å². The molecule has 1 aliphatic heterocycles. The van der Waals surface area contributed by atoms with E-state index in [1.54, 1.807) is 24.4 Å². The lowest BCUT2D eigenvalue weighted by Gasteiger charge is -2.26. The van der Waals surface area contributed by atoms with Crippen LogP contribution in [0.1, 0.15) is 12.0 Å². The number of nitrogens with zero attached hydrogens (tertiary/aromatic N) is 2. The lowest BCUT2D eigenvalue weighted by atomic mass is 10.1. The van der Waals surface area contributed by atoms with Gasteiger partial charge in [-0.1, -0.05) is 29.8 Å². The first kappa shape index (κ1) is 22.5. The Morgan fingerprint density at radius 1 is 1.00 bits per heavy atom. The van der Waals surface area contributed by atoms with Crippen LogP contribution in [0.2, 0.25) is 5.02 Å². The highest BCUT2D eigenvalue weighted by atomic mass is 35.5. The predicted molar refractivity (Wildman–Crippen MR) is 124 cm³/mol. The molecule has 1 saturated heterocycles. The fourth-order valence-corrected chi connectivity index (χ4v) is 3.86. The van der Waals surface area contributed by atoms with E-state index >= 15 is 0 Å². The topological polar surface area (TPSA) is 43.7 Å². The Bertz CT molecular complexity index is 1100. The van der Waals surface area contributed by atoms with Gasteiger partial charge in [0.1, 0.15) is 11.6 Å². The lowest BCUT2D eigenvalue weighted by Crippen LogP contribution is -2.37. The molecule has 168 valence electrons. The summed E-state index contributed by atoms with van der Waals surface area (Å²) in [5.74, 6) is 0.386. The molecule has 0 aliphatic carbocycles. The maximum absolute atomic E-state index is 14.1. The van der Waals surface area contributed by atoms with Gasteiger partial charge in [0, 0.05) is 42.5 Å². The Hall–Kier alpha value is -2.67. The van der Waals surface area contributed by atoms with Crippen LogP contribution < -0.4 is 10.3 Å². The molecule has 0 atom stereocenters. The molecule has 32 heavy (non-hydrogen) atoms. The fourth-order valence-electron chi connectivity index (χ4n) is 3.71. The van der Waals surface area contributed by atoms with Crippen molar-refractivity contribution in [1.82, 2.24) is 9.47 Å². The fraction of sp³-hybridized carbons (Fsp3) is 0.320. The molecule has 0 unspecified atom stereocenters. The Balaban J connectivity index is 1.37. The van der Waals surface area contributed by atoms with E-state index in [9.17, 15) is 9.18 Å². The molecule has 7 heteroatoms. The Labute approximate surface area is 192 Å². The van der Waals surface area contributed by atoms with Gasteiger partial charge in [0.25, 0.3) is 5.56 Å². The van der Waals surface area contributed by atoms with Gasteiger partial charge in [-0.15, -0.1) is 0 Å². The maximum atomic E-state index is 14.1. The van der Waals surface area contributed by atoms with E-state index in [1.807, 2.05) is 24.3 Å². The third kappa shape index (κ3) is 5.97. The third-order valence-electron chi connectivity index (χ3n) is 5.52. The summed E-state index contributed by atoms with van der Waals surface area (Å²) in [4.78, 5) is 14.7. The molecule has 0 bridgehead atoms. The highest BCUT2D eigenvalue weighted by molar-refractivity contribution is 6.30. The van der Waals surface area contributed by atoms with Gasteiger partial charge in [0.05, 0.1) is 26.4 Å². The van der Waals surface area contributed by atoms with Gasteiger partial charge >= 0.3 is 0 Å². The molecule has 0 radical (unpaired) electrons. The average Bonchev–Trinajstić information content (AvgIpc) is 2.81. The second kappa shape index (κ2) is 10.8. The van der Waals surface area contributed by atoms with Crippen molar-refractivity contribution in [1.29, 1.82) is 0 Å². The number of pyridine rings is 1. The monoisotopic (exact) mass is 456 g/mol. The number of halogens is 2. The normalized spacial score (nSPS) is 14.4. The van der Waals surface area contributed by atoms with Crippen LogP contribution in [0.25, 0.3) is 11.1 Å². The van der Waals surface area contributed by atoms with E-state index in [4.69, 9.17) is 21.1 Å². The highest BCUT2D eigenvalue weighted by Crippen LogP contribution is 2.22. The van der Waals surface area contributed by atoms with Crippen LogP contribution in [-0.2, 0) is 11.3 Å². The van der Waals surface area contributed by atoms with Crippen molar-refractivity contribution < 1.29 is 13.9 Å². The lowest BCUT2D eigenvalue weighted by molar-refractivity contribution is 0.0358. The molecular weight excluding hydrogens is 431 g/mol. The van der Waals surface area contributed by atoms with Crippen molar-refractivity contribution in [3.8, 4) is 16.9 Å². The number of hydrogen-bond donors (Lipinski definition) is 0. The zero-order valence-corrected chi connectivity index (χ0v) is 18.6. The number of benzene rings is 2. The SMILES string of the molecule is O=c1ccc(-c2ccc(OCCCN3CCOCC3)cc2)cn1Cc1ccc(Cl)cc1F. The Morgan fingerprint density at radius 2 is 1.75 bits per heavy atom. The average molecular weight is 457 g/mol. The highest BCUT2D eigenvalue weighted by Gasteiger charge is 2.10. The van der Waals surface area contributed by atoms with E-state index in [0.717, 1.165) is 56.1 Å². The molecule has 2 aromatic carbocycles. The minimum atomic E-state index is -0.426. The van der Waals surface area contributed by atoms with Gasteiger partial charge in [-0.05, 0) is 47.9 Å². The summed E-state index contributed by atoms with van der Waals surface area (Å²) in [5.41, 5.74) is 2.05. The summed E-state index contributed by atoms with van der Waals surface area (Å²) in [6, 6.07) is 15.5. The standard InChI is InChI=1S/C25H26ClFN2O3/c26-22-6-2-21(24(27)16-22)18-29-17-20(5-9-25(29)30)19-3-7-23(8-4-19)32-13-1-10-28-11-14-31-15-12-28/h2-9,16-17H,1,10-15,18H2. The minimum absolute atomic E-state index is 0.139. The molecule has 0 saturated carbocycles. The quantitative estimate of drug-likeness (QED) is 0.469. The van der Waals surface area contributed by atoms with E-state index in [-0.39, 0.29) is 12.1 Å². The van der Waals surface area contributed by atoms with Gasteiger partial charge in [0.2, 0.25) is 0 Å². The first-order chi connectivity index (χ1) is 15.6. The van der Waals surface area contributed by atoms with E-state index in [0.29, 0.717) is 17.2 Å². The van der Waals surface area contributed by atoms with E-state index in [2.05, 4.69) is 4.90 Å². The molecule has 0 spiro atoms.